The summed E-state index contributed by atoms with van der Waals surface area (Å²) in [5.41, 5.74) is 4.37. The Labute approximate surface area is 140 Å². The number of benzene rings is 1. The molecule has 0 amide bonds. The van der Waals surface area contributed by atoms with Gasteiger partial charge in [0.25, 0.3) is 0 Å². The number of aromatic nitrogens is 1. The first-order valence-corrected chi connectivity index (χ1v) is 7.54. The van der Waals surface area contributed by atoms with Crippen molar-refractivity contribution in [2.75, 3.05) is 12.4 Å². The molecule has 0 bridgehead atoms. The number of rotatable bonds is 6. The quantitative estimate of drug-likeness (QED) is 0.844. The molecule has 0 aliphatic rings. The standard InChI is InChI=1S/C17H19ClN2O3/c1-10-14(11(2)20-17(23-3)16(10)18)9-19-13-6-4-5-12(7-13)8-15(21)22/h4-7,19H,8-9H2,1-3H3,(H,21,22). The summed E-state index contributed by atoms with van der Waals surface area (Å²) in [7, 11) is 1.54. The molecule has 0 saturated carbocycles. The van der Waals surface area contributed by atoms with Crippen LogP contribution < -0.4 is 10.1 Å². The van der Waals surface area contributed by atoms with Crippen LogP contribution >= 0.6 is 11.6 Å². The summed E-state index contributed by atoms with van der Waals surface area (Å²) in [6.07, 6.45) is 0.00347. The van der Waals surface area contributed by atoms with E-state index >= 15 is 0 Å². The molecule has 0 radical (unpaired) electrons. The normalized spacial score (nSPS) is 10.4. The van der Waals surface area contributed by atoms with Crippen molar-refractivity contribution >= 4 is 23.3 Å². The van der Waals surface area contributed by atoms with Gasteiger partial charge in [-0.2, -0.15) is 0 Å². The molecular weight excluding hydrogens is 316 g/mol. The van der Waals surface area contributed by atoms with Crippen LogP contribution in [-0.2, 0) is 17.8 Å². The molecule has 5 nitrogen and oxygen atoms in total. The highest BCUT2D eigenvalue weighted by molar-refractivity contribution is 6.32. The third-order valence-electron chi connectivity index (χ3n) is 3.62. The molecule has 23 heavy (non-hydrogen) atoms. The number of ether oxygens (including phenoxy) is 1. The molecule has 2 rings (SSSR count). The van der Waals surface area contributed by atoms with Gasteiger partial charge in [-0.05, 0) is 42.7 Å². The van der Waals surface area contributed by atoms with Crippen molar-refractivity contribution in [1.29, 1.82) is 0 Å². The fourth-order valence-corrected chi connectivity index (χ4v) is 2.62. The Bertz CT molecular complexity index is 732. The van der Waals surface area contributed by atoms with Gasteiger partial charge in [0.1, 0.15) is 5.02 Å². The largest absolute Gasteiger partial charge is 0.481 e. The van der Waals surface area contributed by atoms with Gasteiger partial charge in [-0.1, -0.05) is 23.7 Å². The number of nitrogens with zero attached hydrogens (tertiary/aromatic N) is 1. The maximum absolute atomic E-state index is 10.8. The van der Waals surface area contributed by atoms with E-state index in [2.05, 4.69) is 10.3 Å². The summed E-state index contributed by atoms with van der Waals surface area (Å²) in [5.74, 6) is -0.422. The lowest BCUT2D eigenvalue weighted by molar-refractivity contribution is -0.136. The number of nitrogens with one attached hydrogen (secondary N) is 1. The van der Waals surface area contributed by atoms with E-state index in [1.165, 1.54) is 0 Å². The summed E-state index contributed by atoms with van der Waals surface area (Å²) < 4.78 is 5.16. The van der Waals surface area contributed by atoms with E-state index in [-0.39, 0.29) is 6.42 Å². The number of carboxylic acids is 1. The number of carboxylic acid groups (broad SMARTS) is 1. The number of hydrogen-bond donors (Lipinski definition) is 2. The molecular formula is C17H19ClN2O3. The maximum atomic E-state index is 10.8. The van der Waals surface area contributed by atoms with E-state index in [1.54, 1.807) is 13.2 Å². The highest BCUT2D eigenvalue weighted by Gasteiger charge is 2.13. The van der Waals surface area contributed by atoms with E-state index in [9.17, 15) is 4.79 Å². The van der Waals surface area contributed by atoms with Gasteiger partial charge >= 0.3 is 5.97 Å². The molecule has 1 heterocycles. The van der Waals surface area contributed by atoms with Crippen LogP contribution in [0.25, 0.3) is 0 Å². The number of aryl methyl sites for hydroxylation is 1. The molecule has 0 atom stereocenters. The SMILES string of the molecule is COc1nc(C)c(CNc2cccc(CC(=O)O)c2)c(C)c1Cl. The van der Waals surface area contributed by atoms with Crippen LogP contribution in [-0.4, -0.2) is 23.2 Å². The van der Waals surface area contributed by atoms with Crippen LogP contribution in [0.3, 0.4) is 0 Å². The van der Waals surface area contributed by atoms with E-state index in [4.69, 9.17) is 21.4 Å². The van der Waals surface area contributed by atoms with E-state index in [0.717, 1.165) is 28.1 Å². The van der Waals surface area contributed by atoms with Gasteiger partial charge in [0.15, 0.2) is 0 Å². The zero-order chi connectivity index (χ0) is 17.0. The Hall–Kier alpha value is -2.27. The molecule has 0 unspecified atom stereocenters. The number of carbonyl (C=O) groups is 1. The van der Waals surface area contributed by atoms with Crippen LogP contribution in [0.1, 0.15) is 22.4 Å². The molecule has 122 valence electrons. The Balaban J connectivity index is 2.18. The lowest BCUT2D eigenvalue weighted by Crippen LogP contribution is -2.07. The van der Waals surface area contributed by atoms with Crippen molar-refractivity contribution in [3.05, 3.63) is 51.7 Å². The average Bonchev–Trinajstić information content (AvgIpc) is 2.50. The molecule has 0 spiro atoms. The van der Waals surface area contributed by atoms with Gasteiger partial charge in [0, 0.05) is 17.9 Å². The summed E-state index contributed by atoms with van der Waals surface area (Å²) in [4.78, 5) is 15.1. The van der Waals surface area contributed by atoms with Crippen molar-refractivity contribution < 1.29 is 14.6 Å². The van der Waals surface area contributed by atoms with Gasteiger partial charge in [-0.3, -0.25) is 4.79 Å². The topological polar surface area (TPSA) is 71.5 Å². The van der Waals surface area contributed by atoms with Gasteiger partial charge in [0.2, 0.25) is 5.88 Å². The summed E-state index contributed by atoms with van der Waals surface area (Å²) >= 11 is 6.25. The van der Waals surface area contributed by atoms with Crippen molar-refractivity contribution in [3.63, 3.8) is 0 Å². The van der Waals surface area contributed by atoms with Gasteiger partial charge < -0.3 is 15.2 Å². The van der Waals surface area contributed by atoms with E-state index in [1.807, 2.05) is 32.0 Å². The highest BCUT2D eigenvalue weighted by atomic mass is 35.5. The minimum absolute atomic E-state index is 0.00347. The van der Waals surface area contributed by atoms with E-state index in [0.29, 0.717) is 17.4 Å². The summed E-state index contributed by atoms with van der Waals surface area (Å²) in [5, 5.41) is 12.7. The minimum atomic E-state index is -0.847. The fourth-order valence-electron chi connectivity index (χ4n) is 2.39. The number of pyridine rings is 1. The lowest BCUT2D eigenvalue weighted by Gasteiger charge is -2.15. The van der Waals surface area contributed by atoms with Crippen LogP contribution in [0.15, 0.2) is 24.3 Å². The van der Waals surface area contributed by atoms with Crippen LogP contribution in [0.2, 0.25) is 5.02 Å². The molecule has 6 heteroatoms. The van der Waals surface area contributed by atoms with Gasteiger partial charge in [-0.25, -0.2) is 4.98 Å². The van der Waals surface area contributed by atoms with Crippen molar-refractivity contribution in [2.45, 2.75) is 26.8 Å². The Morgan fingerprint density at radius 1 is 1.39 bits per heavy atom. The Morgan fingerprint density at radius 3 is 2.78 bits per heavy atom. The van der Waals surface area contributed by atoms with Crippen LogP contribution in [0.4, 0.5) is 5.69 Å². The number of hydrogen-bond acceptors (Lipinski definition) is 4. The molecule has 2 aromatic rings. The fraction of sp³-hybridized carbons (Fsp3) is 0.294. The third-order valence-corrected chi connectivity index (χ3v) is 4.07. The van der Waals surface area contributed by atoms with Gasteiger partial charge in [0.05, 0.1) is 13.5 Å². The van der Waals surface area contributed by atoms with Gasteiger partial charge in [-0.15, -0.1) is 0 Å². The third kappa shape index (κ3) is 4.13. The van der Waals surface area contributed by atoms with Crippen molar-refractivity contribution in [3.8, 4) is 5.88 Å². The number of anilines is 1. The Morgan fingerprint density at radius 2 is 2.13 bits per heavy atom. The first-order chi connectivity index (χ1) is 10.9. The molecule has 1 aromatic carbocycles. The monoisotopic (exact) mass is 334 g/mol. The Kier molecular flexibility index (Phi) is 5.45. The second kappa shape index (κ2) is 7.33. The average molecular weight is 335 g/mol. The van der Waals surface area contributed by atoms with Crippen LogP contribution in [0.5, 0.6) is 5.88 Å². The maximum Gasteiger partial charge on any atom is 0.307 e. The number of aliphatic carboxylic acids is 1. The zero-order valence-electron chi connectivity index (χ0n) is 13.3. The number of methoxy groups -OCH3 is 1. The summed E-state index contributed by atoms with van der Waals surface area (Å²) in [6, 6.07) is 7.35. The first kappa shape index (κ1) is 17.1. The van der Waals surface area contributed by atoms with Crippen molar-refractivity contribution in [2.24, 2.45) is 0 Å². The van der Waals surface area contributed by atoms with Crippen molar-refractivity contribution in [1.82, 2.24) is 4.98 Å². The lowest BCUT2D eigenvalue weighted by atomic mass is 10.1. The first-order valence-electron chi connectivity index (χ1n) is 7.16. The molecule has 0 aliphatic carbocycles. The predicted molar refractivity (Wildman–Crippen MR) is 90.4 cm³/mol. The smallest absolute Gasteiger partial charge is 0.307 e. The minimum Gasteiger partial charge on any atom is -0.481 e. The second-order valence-corrected chi connectivity index (χ2v) is 5.63. The predicted octanol–water partition coefficient (Wildman–Crippen LogP) is 3.60. The zero-order valence-corrected chi connectivity index (χ0v) is 14.1. The molecule has 2 N–H and O–H groups in total. The molecule has 0 fully saturated rings. The molecule has 0 saturated heterocycles. The van der Waals surface area contributed by atoms with E-state index < -0.39 is 5.97 Å². The highest BCUT2D eigenvalue weighted by Crippen LogP contribution is 2.30. The molecule has 0 aliphatic heterocycles. The number of halogens is 1. The summed E-state index contributed by atoms with van der Waals surface area (Å²) in [6.45, 7) is 4.38. The second-order valence-electron chi connectivity index (χ2n) is 5.25. The molecule has 1 aromatic heterocycles. The van der Waals surface area contributed by atoms with Crippen LogP contribution in [0, 0.1) is 13.8 Å².